The largest absolute Gasteiger partial charge is 0.371 e. The van der Waals surface area contributed by atoms with E-state index in [0.29, 0.717) is 16.8 Å². The Morgan fingerprint density at radius 2 is 1.75 bits per heavy atom. The summed E-state index contributed by atoms with van der Waals surface area (Å²) < 4.78 is 27.7. The summed E-state index contributed by atoms with van der Waals surface area (Å²) >= 11 is 0. The normalized spacial score (nSPS) is 14.3. The van der Waals surface area contributed by atoms with Crippen molar-refractivity contribution in [2.24, 2.45) is 0 Å². The van der Waals surface area contributed by atoms with Gasteiger partial charge in [0.15, 0.2) is 0 Å². The number of benzene rings is 2. The maximum atomic E-state index is 12.7. The smallest absolute Gasteiger partial charge is 0.253 e. The van der Waals surface area contributed by atoms with Crippen LogP contribution in [0, 0.1) is 0 Å². The van der Waals surface area contributed by atoms with E-state index in [1.165, 1.54) is 0 Å². The van der Waals surface area contributed by atoms with Gasteiger partial charge in [-0.2, -0.15) is 0 Å². The van der Waals surface area contributed by atoms with E-state index in [9.17, 15) is 13.2 Å². The molecule has 0 bridgehead atoms. The van der Waals surface area contributed by atoms with Gasteiger partial charge >= 0.3 is 0 Å². The molecular weight excluding hydrogens is 374 g/mol. The van der Waals surface area contributed by atoms with Gasteiger partial charge in [-0.15, -0.1) is 0 Å². The predicted molar refractivity (Wildman–Crippen MR) is 113 cm³/mol. The quantitative estimate of drug-likeness (QED) is 0.746. The molecule has 2 aromatic carbocycles. The Morgan fingerprint density at radius 3 is 2.39 bits per heavy atom. The number of hydrogen-bond acceptors (Lipinski definition) is 4. The summed E-state index contributed by atoms with van der Waals surface area (Å²) in [5, 5.41) is 2.91. The van der Waals surface area contributed by atoms with Crippen molar-refractivity contribution in [1.29, 1.82) is 0 Å². The first-order chi connectivity index (χ1) is 13.3. The standard InChI is InChI=1S/C21H27N3O3S/c1-16(2)22-21(25)19-14-18(10-11-20(19)24-12-6-7-13-24)23-28(26,27)15-17-8-4-3-5-9-17/h3-5,8-11,14,16,23H,6-7,12-13,15H2,1-2H3,(H,22,25). The van der Waals surface area contributed by atoms with Crippen LogP contribution in [0.5, 0.6) is 0 Å². The summed E-state index contributed by atoms with van der Waals surface area (Å²) in [6.45, 7) is 5.61. The topological polar surface area (TPSA) is 78.5 Å². The molecule has 150 valence electrons. The zero-order valence-electron chi connectivity index (χ0n) is 16.3. The molecular formula is C21H27N3O3S. The number of rotatable bonds is 7. The van der Waals surface area contributed by atoms with Crippen molar-refractivity contribution in [2.45, 2.75) is 38.5 Å². The molecule has 1 saturated heterocycles. The Morgan fingerprint density at radius 1 is 1.07 bits per heavy atom. The van der Waals surface area contributed by atoms with E-state index in [1.54, 1.807) is 24.3 Å². The second-order valence-electron chi connectivity index (χ2n) is 7.40. The van der Waals surface area contributed by atoms with Crippen LogP contribution in [0.4, 0.5) is 11.4 Å². The molecule has 0 aliphatic carbocycles. The monoisotopic (exact) mass is 401 g/mol. The molecule has 0 aromatic heterocycles. The van der Waals surface area contributed by atoms with E-state index in [2.05, 4.69) is 14.9 Å². The van der Waals surface area contributed by atoms with E-state index in [4.69, 9.17) is 0 Å². The van der Waals surface area contributed by atoms with Crippen molar-refractivity contribution in [3.8, 4) is 0 Å². The van der Waals surface area contributed by atoms with Gasteiger partial charge in [0.25, 0.3) is 5.91 Å². The molecule has 1 amide bonds. The van der Waals surface area contributed by atoms with Gasteiger partial charge in [0.1, 0.15) is 0 Å². The Bertz CT molecular complexity index is 921. The molecule has 1 aliphatic heterocycles. The van der Waals surface area contributed by atoms with Crippen molar-refractivity contribution in [3.63, 3.8) is 0 Å². The van der Waals surface area contributed by atoms with Crippen LogP contribution >= 0.6 is 0 Å². The molecule has 1 aliphatic rings. The van der Waals surface area contributed by atoms with Crippen LogP contribution in [-0.4, -0.2) is 33.5 Å². The molecule has 1 fully saturated rings. The number of nitrogens with one attached hydrogen (secondary N) is 2. The molecule has 0 atom stereocenters. The fourth-order valence-electron chi connectivity index (χ4n) is 3.36. The van der Waals surface area contributed by atoms with Crippen LogP contribution in [0.15, 0.2) is 48.5 Å². The summed E-state index contributed by atoms with van der Waals surface area (Å²) in [6.07, 6.45) is 2.19. The maximum Gasteiger partial charge on any atom is 0.253 e. The lowest BCUT2D eigenvalue weighted by molar-refractivity contribution is 0.0943. The minimum atomic E-state index is -3.58. The highest BCUT2D eigenvalue weighted by molar-refractivity contribution is 7.91. The summed E-state index contributed by atoms with van der Waals surface area (Å²) in [6, 6.07) is 14.2. The molecule has 1 heterocycles. The van der Waals surface area contributed by atoms with Crippen molar-refractivity contribution in [3.05, 3.63) is 59.7 Å². The number of amides is 1. The molecule has 0 unspecified atom stereocenters. The number of anilines is 2. The fraction of sp³-hybridized carbons (Fsp3) is 0.381. The summed E-state index contributed by atoms with van der Waals surface area (Å²) in [4.78, 5) is 14.9. The van der Waals surface area contributed by atoms with Gasteiger partial charge in [-0.3, -0.25) is 9.52 Å². The molecule has 2 aromatic rings. The number of sulfonamides is 1. The number of carbonyl (C=O) groups excluding carboxylic acids is 1. The van der Waals surface area contributed by atoms with Crippen LogP contribution < -0.4 is 14.9 Å². The number of carbonyl (C=O) groups is 1. The lowest BCUT2D eigenvalue weighted by atomic mass is 10.1. The first kappa shape index (κ1) is 20.2. The maximum absolute atomic E-state index is 12.7. The molecule has 0 saturated carbocycles. The van der Waals surface area contributed by atoms with E-state index < -0.39 is 10.0 Å². The van der Waals surface area contributed by atoms with Crippen LogP contribution in [0.3, 0.4) is 0 Å². The molecule has 28 heavy (non-hydrogen) atoms. The van der Waals surface area contributed by atoms with Crippen LogP contribution in [-0.2, 0) is 15.8 Å². The third-order valence-electron chi connectivity index (χ3n) is 4.58. The Labute approximate surface area is 167 Å². The van der Waals surface area contributed by atoms with Crippen LogP contribution in [0.25, 0.3) is 0 Å². The van der Waals surface area contributed by atoms with Crippen molar-refractivity contribution in [2.75, 3.05) is 22.7 Å². The zero-order chi connectivity index (χ0) is 20.1. The molecule has 0 spiro atoms. The SMILES string of the molecule is CC(C)NC(=O)c1cc(NS(=O)(=O)Cc2ccccc2)ccc1N1CCCC1. The molecule has 2 N–H and O–H groups in total. The fourth-order valence-corrected chi connectivity index (χ4v) is 4.55. The van der Waals surface area contributed by atoms with Gasteiger partial charge in [-0.25, -0.2) is 8.42 Å². The zero-order valence-corrected chi connectivity index (χ0v) is 17.1. The van der Waals surface area contributed by atoms with Gasteiger partial charge in [0.05, 0.1) is 11.3 Å². The van der Waals surface area contributed by atoms with Crippen LogP contribution in [0.1, 0.15) is 42.6 Å². The van der Waals surface area contributed by atoms with E-state index in [0.717, 1.165) is 31.6 Å². The third-order valence-corrected chi connectivity index (χ3v) is 5.84. The summed E-state index contributed by atoms with van der Waals surface area (Å²) in [5.41, 5.74) is 2.45. The predicted octanol–water partition coefficient (Wildman–Crippen LogP) is 3.37. The number of nitrogens with zero attached hydrogens (tertiary/aromatic N) is 1. The van der Waals surface area contributed by atoms with Crippen molar-refractivity contribution in [1.82, 2.24) is 5.32 Å². The summed E-state index contributed by atoms with van der Waals surface area (Å²) in [7, 11) is -3.58. The van der Waals surface area contributed by atoms with Gasteiger partial charge in [-0.05, 0) is 50.5 Å². The Balaban J connectivity index is 1.86. The lowest BCUT2D eigenvalue weighted by Crippen LogP contribution is -2.32. The summed E-state index contributed by atoms with van der Waals surface area (Å²) in [5.74, 6) is -0.309. The second kappa shape index (κ2) is 8.65. The van der Waals surface area contributed by atoms with Crippen molar-refractivity contribution < 1.29 is 13.2 Å². The minimum absolute atomic E-state index is 0.00245. The first-order valence-electron chi connectivity index (χ1n) is 9.58. The van der Waals surface area contributed by atoms with E-state index in [1.807, 2.05) is 38.1 Å². The van der Waals surface area contributed by atoms with E-state index >= 15 is 0 Å². The highest BCUT2D eigenvalue weighted by Gasteiger charge is 2.21. The van der Waals surface area contributed by atoms with Crippen LogP contribution in [0.2, 0.25) is 0 Å². The number of hydrogen-bond donors (Lipinski definition) is 2. The average molecular weight is 402 g/mol. The Hall–Kier alpha value is -2.54. The third kappa shape index (κ3) is 5.25. The lowest BCUT2D eigenvalue weighted by Gasteiger charge is -2.22. The van der Waals surface area contributed by atoms with Crippen molar-refractivity contribution >= 4 is 27.3 Å². The molecule has 0 radical (unpaired) electrons. The highest BCUT2D eigenvalue weighted by atomic mass is 32.2. The second-order valence-corrected chi connectivity index (χ2v) is 9.12. The van der Waals surface area contributed by atoms with Gasteiger partial charge in [0.2, 0.25) is 10.0 Å². The average Bonchev–Trinajstić information content (AvgIpc) is 3.15. The molecule has 3 rings (SSSR count). The highest BCUT2D eigenvalue weighted by Crippen LogP contribution is 2.28. The van der Waals surface area contributed by atoms with Gasteiger partial charge in [-0.1, -0.05) is 30.3 Å². The van der Waals surface area contributed by atoms with Gasteiger partial charge in [0, 0.05) is 30.5 Å². The molecule has 7 heteroatoms. The first-order valence-corrected chi connectivity index (χ1v) is 11.2. The van der Waals surface area contributed by atoms with Gasteiger partial charge < -0.3 is 10.2 Å². The Kier molecular flexibility index (Phi) is 6.24. The minimum Gasteiger partial charge on any atom is -0.371 e. The van der Waals surface area contributed by atoms with E-state index in [-0.39, 0.29) is 17.7 Å². The molecule has 6 nitrogen and oxygen atoms in total.